The average molecular weight is 352 g/mol. The normalized spacial score (nSPS) is 10.9. The Morgan fingerprint density at radius 2 is 1.92 bits per heavy atom. The summed E-state index contributed by atoms with van der Waals surface area (Å²) < 4.78 is 5.98. The summed E-state index contributed by atoms with van der Waals surface area (Å²) >= 11 is 1.48. The molecule has 0 fully saturated rings. The molecule has 0 aliphatic carbocycles. The van der Waals surface area contributed by atoms with E-state index in [2.05, 4.69) is 10.3 Å². The predicted molar refractivity (Wildman–Crippen MR) is 99.4 cm³/mol. The molecular formula is C19H16N2O3S. The van der Waals surface area contributed by atoms with Crippen molar-refractivity contribution in [2.24, 2.45) is 0 Å². The molecule has 25 heavy (non-hydrogen) atoms. The van der Waals surface area contributed by atoms with Crippen LogP contribution in [0.15, 0.2) is 54.6 Å². The first kappa shape index (κ1) is 16.9. The van der Waals surface area contributed by atoms with Gasteiger partial charge < -0.3 is 10.1 Å². The van der Waals surface area contributed by atoms with E-state index in [1.165, 1.54) is 17.4 Å². The van der Waals surface area contributed by atoms with Gasteiger partial charge in [-0.1, -0.05) is 29.8 Å². The lowest BCUT2D eigenvalue weighted by molar-refractivity contribution is -0.142. The van der Waals surface area contributed by atoms with E-state index in [1.807, 2.05) is 43.3 Å². The van der Waals surface area contributed by atoms with Gasteiger partial charge in [-0.15, -0.1) is 11.3 Å². The molecule has 0 radical (unpaired) electrons. The zero-order valence-electron chi connectivity index (χ0n) is 13.6. The molecule has 3 rings (SSSR count). The van der Waals surface area contributed by atoms with Gasteiger partial charge in [0.2, 0.25) is 0 Å². The number of anilines is 1. The minimum Gasteiger partial charge on any atom is -0.452 e. The van der Waals surface area contributed by atoms with Crippen LogP contribution in [0.3, 0.4) is 0 Å². The highest BCUT2D eigenvalue weighted by Gasteiger charge is 2.06. The Kier molecular flexibility index (Phi) is 5.20. The van der Waals surface area contributed by atoms with E-state index < -0.39 is 5.97 Å². The number of carbonyl (C=O) groups excluding carboxylic acids is 2. The van der Waals surface area contributed by atoms with E-state index in [1.54, 1.807) is 18.2 Å². The number of amides is 1. The van der Waals surface area contributed by atoms with E-state index in [0.29, 0.717) is 10.7 Å². The lowest BCUT2D eigenvalue weighted by Crippen LogP contribution is -2.20. The van der Waals surface area contributed by atoms with E-state index in [4.69, 9.17) is 4.74 Å². The first-order valence-corrected chi connectivity index (χ1v) is 8.49. The maximum atomic E-state index is 11.8. The summed E-state index contributed by atoms with van der Waals surface area (Å²) in [5, 5.41) is 3.38. The number of ether oxygens (including phenoxy) is 1. The van der Waals surface area contributed by atoms with Crippen LogP contribution in [-0.4, -0.2) is 23.5 Å². The van der Waals surface area contributed by atoms with Gasteiger partial charge in [-0.25, -0.2) is 9.78 Å². The number of aromatic nitrogens is 1. The number of thiazole rings is 1. The maximum absolute atomic E-state index is 11.8. The largest absolute Gasteiger partial charge is 0.452 e. The summed E-state index contributed by atoms with van der Waals surface area (Å²) in [6.45, 7) is 1.63. The summed E-state index contributed by atoms with van der Waals surface area (Å²) in [7, 11) is 0. The van der Waals surface area contributed by atoms with Crippen molar-refractivity contribution in [3.05, 3.63) is 65.2 Å². The SMILES string of the molecule is Cc1ccc(NC(=O)COC(=O)/C=C/c2nc3ccccc3s2)cc1. The van der Waals surface area contributed by atoms with Crippen molar-refractivity contribution in [3.8, 4) is 0 Å². The first-order chi connectivity index (χ1) is 12.1. The number of benzene rings is 2. The zero-order chi connectivity index (χ0) is 17.6. The third kappa shape index (κ3) is 4.74. The van der Waals surface area contributed by atoms with Crippen LogP contribution in [-0.2, 0) is 14.3 Å². The van der Waals surface area contributed by atoms with Gasteiger partial charge in [-0.05, 0) is 37.3 Å². The third-order valence-electron chi connectivity index (χ3n) is 3.35. The molecule has 3 aromatic rings. The van der Waals surface area contributed by atoms with Crippen LogP contribution >= 0.6 is 11.3 Å². The summed E-state index contributed by atoms with van der Waals surface area (Å²) in [5.74, 6) is -0.969. The molecule has 126 valence electrons. The van der Waals surface area contributed by atoms with Crippen molar-refractivity contribution < 1.29 is 14.3 Å². The van der Waals surface area contributed by atoms with Crippen LogP contribution in [0.4, 0.5) is 5.69 Å². The fraction of sp³-hybridized carbons (Fsp3) is 0.105. The van der Waals surface area contributed by atoms with Crippen LogP contribution in [0.1, 0.15) is 10.6 Å². The van der Waals surface area contributed by atoms with Gasteiger partial charge in [-0.2, -0.15) is 0 Å². The number of carbonyl (C=O) groups is 2. The molecule has 0 atom stereocenters. The van der Waals surface area contributed by atoms with Crippen molar-refractivity contribution >= 4 is 45.2 Å². The standard InChI is InChI=1S/C19H16N2O3S/c1-13-6-8-14(9-7-13)20-17(22)12-24-19(23)11-10-18-21-15-4-2-3-5-16(15)25-18/h2-11H,12H2,1H3,(H,20,22)/b11-10+. The van der Waals surface area contributed by atoms with Gasteiger partial charge in [0.15, 0.2) is 6.61 Å². The van der Waals surface area contributed by atoms with Crippen molar-refractivity contribution in [1.29, 1.82) is 0 Å². The number of nitrogens with zero attached hydrogens (tertiary/aromatic N) is 1. The molecule has 5 nitrogen and oxygen atoms in total. The lowest BCUT2D eigenvalue weighted by atomic mass is 10.2. The second-order valence-corrected chi connectivity index (χ2v) is 6.44. The third-order valence-corrected chi connectivity index (χ3v) is 4.35. The zero-order valence-corrected chi connectivity index (χ0v) is 14.4. The summed E-state index contributed by atoms with van der Waals surface area (Å²) in [4.78, 5) is 27.9. The molecule has 2 aromatic carbocycles. The average Bonchev–Trinajstić information content (AvgIpc) is 3.03. The minimum atomic E-state index is -0.585. The van der Waals surface area contributed by atoms with Crippen molar-refractivity contribution in [2.75, 3.05) is 11.9 Å². The second kappa shape index (κ2) is 7.72. The number of hydrogen-bond donors (Lipinski definition) is 1. The Morgan fingerprint density at radius 1 is 1.16 bits per heavy atom. The number of esters is 1. The highest BCUT2D eigenvalue weighted by Crippen LogP contribution is 2.22. The Balaban J connectivity index is 1.50. The number of hydrogen-bond acceptors (Lipinski definition) is 5. The van der Waals surface area contributed by atoms with Gasteiger partial charge >= 0.3 is 5.97 Å². The molecule has 0 spiro atoms. The Hall–Kier alpha value is -2.99. The quantitative estimate of drug-likeness (QED) is 0.560. The topological polar surface area (TPSA) is 68.3 Å². The molecule has 6 heteroatoms. The van der Waals surface area contributed by atoms with E-state index in [0.717, 1.165) is 15.8 Å². The molecule has 0 aliphatic rings. The molecule has 0 saturated heterocycles. The maximum Gasteiger partial charge on any atom is 0.331 e. The number of para-hydroxylation sites is 1. The molecule has 0 unspecified atom stereocenters. The number of rotatable bonds is 5. The minimum absolute atomic E-state index is 0.336. The number of fused-ring (bicyclic) bond motifs is 1. The molecule has 0 aliphatic heterocycles. The Bertz CT molecular complexity index is 896. The van der Waals surface area contributed by atoms with Crippen LogP contribution < -0.4 is 5.32 Å². The first-order valence-electron chi connectivity index (χ1n) is 7.67. The summed E-state index contributed by atoms with van der Waals surface area (Å²) in [6, 6.07) is 15.1. The molecule has 1 aromatic heterocycles. The fourth-order valence-electron chi connectivity index (χ4n) is 2.12. The molecule has 0 bridgehead atoms. The van der Waals surface area contributed by atoms with Crippen LogP contribution in [0.25, 0.3) is 16.3 Å². The van der Waals surface area contributed by atoms with Gasteiger partial charge in [0.25, 0.3) is 5.91 Å². The predicted octanol–water partition coefficient (Wildman–Crippen LogP) is 3.80. The number of nitrogens with one attached hydrogen (secondary N) is 1. The van der Waals surface area contributed by atoms with Crippen LogP contribution in [0, 0.1) is 6.92 Å². The van der Waals surface area contributed by atoms with Crippen LogP contribution in [0.5, 0.6) is 0 Å². The highest BCUT2D eigenvalue weighted by atomic mass is 32.1. The van der Waals surface area contributed by atoms with E-state index in [9.17, 15) is 9.59 Å². The highest BCUT2D eigenvalue weighted by molar-refractivity contribution is 7.19. The van der Waals surface area contributed by atoms with Crippen molar-refractivity contribution in [3.63, 3.8) is 0 Å². The fourth-order valence-corrected chi connectivity index (χ4v) is 2.99. The molecule has 1 N–H and O–H groups in total. The Morgan fingerprint density at radius 3 is 2.68 bits per heavy atom. The lowest BCUT2D eigenvalue weighted by Gasteiger charge is -2.05. The van der Waals surface area contributed by atoms with Gasteiger partial charge in [0.1, 0.15) is 5.01 Å². The molecule has 0 saturated carbocycles. The summed E-state index contributed by atoms with van der Waals surface area (Å²) in [5.41, 5.74) is 2.65. The Labute approximate surface area is 149 Å². The molecular weight excluding hydrogens is 336 g/mol. The second-order valence-electron chi connectivity index (χ2n) is 5.38. The molecule has 1 amide bonds. The van der Waals surface area contributed by atoms with Gasteiger partial charge in [-0.3, -0.25) is 4.79 Å². The van der Waals surface area contributed by atoms with Gasteiger partial charge in [0, 0.05) is 11.8 Å². The van der Waals surface area contributed by atoms with E-state index in [-0.39, 0.29) is 12.5 Å². The molecule has 1 heterocycles. The van der Waals surface area contributed by atoms with Crippen molar-refractivity contribution in [2.45, 2.75) is 6.92 Å². The summed E-state index contributed by atoms with van der Waals surface area (Å²) in [6.07, 6.45) is 2.86. The monoisotopic (exact) mass is 352 g/mol. The van der Waals surface area contributed by atoms with Crippen molar-refractivity contribution in [1.82, 2.24) is 4.98 Å². The van der Waals surface area contributed by atoms with E-state index >= 15 is 0 Å². The van der Waals surface area contributed by atoms with Crippen LogP contribution in [0.2, 0.25) is 0 Å². The number of aryl methyl sites for hydroxylation is 1. The smallest absolute Gasteiger partial charge is 0.331 e. The van der Waals surface area contributed by atoms with Gasteiger partial charge in [0.05, 0.1) is 10.2 Å².